The van der Waals surface area contributed by atoms with E-state index in [0.29, 0.717) is 22.8 Å². The van der Waals surface area contributed by atoms with Gasteiger partial charge in [0, 0.05) is 24.8 Å². The Morgan fingerprint density at radius 1 is 0.548 bits per heavy atom. The largest absolute Gasteiger partial charge is 2.00 e. The van der Waals surface area contributed by atoms with Gasteiger partial charge in [0.2, 0.25) is 0 Å². The Hall–Kier alpha value is -3.70. The fraction of sp³-hybridized carbons (Fsp3) is 0. The van der Waals surface area contributed by atoms with E-state index in [1.54, 1.807) is 60.9 Å². The fourth-order valence-electron chi connectivity index (χ4n) is 2.31. The summed E-state index contributed by atoms with van der Waals surface area (Å²) in [4.78, 5) is 16.2. The normalized spacial score (nSPS) is 10.3. The Morgan fingerprint density at radius 3 is 1.29 bits per heavy atom. The van der Waals surface area contributed by atoms with E-state index < -0.39 is 0 Å². The van der Waals surface area contributed by atoms with E-state index in [-0.39, 0.29) is 31.0 Å². The van der Waals surface area contributed by atoms with Crippen molar-refractivity contribution in [1.82, 2.24) is 9.97 Å². The van der Waals surface area contributed by atoms with Crippen LogP contribution in [-0.4, -0.2) is 22.4 Å². The number of aliphatic imine (C=N–C) groups is 2. The molecule has 0 amide bonds. The minimum absolute atomic E-state index is 0. The van der Waals surface area contributed by atoms with Gasteiger partial charge in [-0.25, -0.2) is 20.0 Å². The summed E-state index contributed by atoms with van der Waals surface area (Å²) in [6.45, 7) is 0. The van der Waals surface area contributed by atoms with Gasteiger partial charge in [0.1, 0.15) is 0 Å². The Labute approximate surface area is 193 Å². The van der Waals surface area contributed by atoms with Crippen LogP contribution in [0, 0.1) is 0 Å². The van der Waals surface area contributed by atoms with Crippen LogP contribution >= 0.6 is 0 Å². The number of hydrogen-bond acceptors (Lipinski definition) is 6. The van der Waals surface area contributed by atoms with Crippen molar-refractivity contribution in [3.05, 3.63) is 108 Å². The van der Waals surface area contributed by atoms with E-state index in [1.807, 2.05) is 24.3 Å². The molecule has 31 heavy (non-hydrogen) atoms. The standard InChI is InChI=1S/2C12H10N2O.Zn/c2*15-11-6-2-1-5-10(11)9-14-12-7-3-4-8-13-12;/h2*1-9,15H;/q;;+2/p-2/b2*14-9+;. The number of pyridine rings is 2. The van der Waals surface area contributed by atoms with Crippen molar-refractivity contribution in [1.29, 1.82) is 0 Å². The smallest absolute Gasteiger partial charge is 0.872 e. The molecule has 6 nitrogen and oxygen atoms in total. The van der Waals surface area contributed by atoms with Gasteiger partial charge >= 0.3 is 19.5 Å². The van der Waals surface area contributed by atoms with Gasteiger partial charge in [-0.3, -0.25) is 0 Å². The van der Waals surface area contributed by atoms with Crippen LogP contribution in [0.25, 0.3) is 0 Å². The van der Waals surface area contributed by atoms with E-state index in [1.165, 1.54) is 24.6 Å². The van der Waals surface area contributed by atoms with Crippen LogP contribution in [0.3, 0.4) is 0 Å². The van der Waals surface area contributed by atoms with Crippen molar-refractivity contribution in [2.75, 3.05) is 0 Å². The molecule has 0 aliphatic carbocycles. The van der Waals surface area contributed by atoms with Crippen molar-refractivity contribution in [2.24, 2.45) is 9.98 Å². The molecule has 0 fully saturated rings. The Balaban J connectivity index is 0.000000213. The number of hydrogen-bond donors (Lipinski definition) is 0. The molecular formula is C24H18N4O2Zn. The van der Waals surface area contributed by atoms with Crippen LogP contribution in [0.2, 0.25) is 0 Å². The second kappa shape index (κ2) is 12.8. The molecule has 2 aromatic heterocycles. The summed E-state index contributed by atoms with van der Waals surface area (Å²) in [5, 5.41) is 22.7. The Morgan fingerprint density at radius 2 is 0.935 bits per heavy atom. The average Bonchev–Trinajstić information content (AvgIpc) is 2.80. The van der Waals surface area contributed by atoms with Crippen molar-refractivity contribution in [3.8, 4) is 11.5 Å². The number of aromatic nitrogens is 2. The van der Waals surface area contributed by atoms with Gasteiger partial charge in [-0.15, -0.1) is 11.5 Å². The molecule has 0 aliphatic rings. The molecule has 2 heterocycles. The van der Waals surface area contributed by atoms with Gasteiger partial charge in [0.25, 0.3) is 0 Å². The SMILES string of the molecule is [O-]c1ccccc1/C=N/c1ccccn1.[O-]c1ccccc1/C=N/c1ccccn1.[Zn+2]. The van der Waals surface area contributed by atoms with Gasteiger partial charge < -0.3 is 10.2 Å². The van der Waals surface area contributed by atoms with Crippen molar-refractivity contribution >= 4 is 24.1 Å². The summed E-state index contributed by atoms with van der Waals surface area (Å²) in [5.41, 5.74) is 1.14. The molecule has 4 aromatic rings. The Kier molecular flexibility index (Phi) is 9.72. The Bertz CT molecular complexity index is 1030. The summed E-state index contributed by atoms with van der Waals surface area (Å²) in [6, 6.07) is 24.4. The second-order valence-corrected chi connectivity index (χ2v) is 5.97. The van der Waals surface area contributed by atoms with Gasteiger partial charge in [-0.1, -0.05) is 60.7 Å². The number of para-hydroxylation sites is 2. The van der Waals surface area contributed by atoms with Crippen molar-refractivity contribution in [3.63, 3.8) is 0 Å². The molecule has 0 N–H and O–H groups in total. The van der Waals surface area contributed by atoms with Gasteiger partial charge in [-0.2, -0.15) is 0 Å². The zero-order valence-corrected chi connectivity index (χ0v) is 19.7. The molecule has 0 saturated carbocycles. The number of benzene rings is 2. The number of nitrogens with zero attached hydrogens (tertiary/aromatic N) is 4. The third-order valence-corrected chi connectivity index (χ3v) is 3.81. The van der Waals surface area contributed by atoms with Gasteiger partial charge in [0.15, 0.2) is 11.6 Å². The van der Waals surface area contributed by atoms with Crippen LogP contribution in [0.5, 0.6) is 11.5 Å². The average molecular weight is 460 g/mol. The van der Waals surface area contributed by atoms with Gasteiger partial charge in [-0.05, 0) is 35.4 Å². The molecule has 0 saturated heterocycles. The molecule has 2 aromatic carbocycles. The van der Waals surface area contributed by atoms with Crippen LogP contribution in [0.4, 0.5) is 11.6 Å². The first-order chi connectivity index (χ1) is 14.7. The van der Waals surface area contributed by atoms with Crippen molar-refractivity contribution in [2.45, 2.75) is 0 Å². The molecule has 0 aliphatic heterocycles. The molecule has 0 atom stereocenters. The monoisotopic (exact) mass is 458 g/mol. The van der Waals surface area contributed by atoms with E-state index in [2.05, 4.69) is 20.0 Å². The zero-order valence-electron chi connectivity index (χ0n) is 16.7. The maximum absolute atomic E-state index is 11.3. The maximum Gasteiger partial charge on any atom is 2.00 e. The summed E-state index contributed by atoms with van der Waals surface area (Å²) >= 11 is 0. The maximum atomic E-state index is 11.3. The summed E-state index contributed by atoms with van der Waals surface area (Å²) in [6.07, 6.45) is 6.39. The van der Waals surface area contributed by atoms with Crippen LogP contribution in [0.15, 0.2) is 107 Å². The zero-order chi connectivity index (χ0) is 21.0. The minimum atomic E-state index is -0.0304. The molecule has 0 bridgehead atoms. The van der Waals surface area contributed by atoms with E-state index in [9.17, 15) is 10.2 Å². The molecule has 0 spiro atoms. The first kappa shape index (κ1) is 23.6. The van der Waals surface area contributed by atoms with Crippen LogP contribution < -0.4 is 10.2 Å². The molecule has 4 rings (SSSR count). The van der Waals surface area contributed by atoms with Crippen molar-refractivity contribution < 1.29 is 29.7 Å². The summed E-state index contributed by atoms with van der Waals surface area (Å²) in [5.74, 6) is 1.14. The summed E-state index contributed by atoms with van der Waals surface area (Å²) in [7, 11) is 0. The molecular weight excluding hydrogens is 442 g/mol. The van der Waals surface area contributed by atoms with E-state index >= 15 is 0 Å². The molecule has 148 valence electrons. The predicted octanol–water partition coefficient (Wildman–Crippen LogP) is 3.81. The van der Waals surface area contributed by atoms with E-state index in [0.717, 1.165) is 0 Å². The molecule has 7 heteroatoms. The minimum Gasteiger partial charge on any atom is -0.872 e. The van der Waals surface area contributed by atoms with Crippen LogP contribution in [-0.2, 0) is 19.5 Å². The second-order valence-electron chi connectivity index (χ2n) is 5.97. The quantitative estimate of drug-likeness (QED) is 0.342. The van der Waals surface area contributed by atoms with E-state index in [4.69, 9.17) is 0 Å². The first-order valence-electron chi connectivity index (χ1n) is 9.14. The summed E-state index contributed by atoms with van der Waals surface area (Å²) < 4.78 is 0. The number of rotatable bonds is 4. The third kappa shape index (κ3) is 7.92. The van der Waals surface area contributed by atoms with Crippen LogP contribution in [0.1, 0.15) is 11.1 Å². The topological polar surface area (TPSA) is 96.6 Å². The first-order valence-corrected chi connectivity index (χ1v) is 9.14. The third-order valence-electron chi connectivity index (χ3n) is 3.81. The van der Waals surface area contributed by atoms with Gasteiger partial charge in [0.05, 0.1) is 0 Å². The molecule has 0 unspecified atom stereocenters. The fourth-order valence-corrected chi connectivity index (χ4v) is 2.31. The molecule has 0 radical (unpaired) electrons. The predicted molar refractivity (Wildman–Crippen MR) is 115 cm³/mol.